The first-order valence-corrected chi connectivity index (χ1v) is 3.27. The maximum atomic E-state index is 12.6. The van der Waals surface area contributed by atoms with E-state index in [4.69, 9.17) is 10.8 Å². The van der Waals surface area contributed by atoms with Gasteiger partial charge in [0.1, 0.15) is 6.04 Å². The molecule has 1 atom stereocenters. The summed E-state index contributed by atoms with van der Waals surface area (Å²) in [6.45, 7) is 0. The topological polar surface area (TPSA) is 92.0 Å². The Morgan fingerprint density at radius 3 is 3.00 bits per heavy atom. The van der Waals surface area contributed by atoms with Gasteiger partial charge in [-0.25, -0.2) is 4.98 Å². The summed E-state index contributed by atoms with van der Waals surface area (Å²) in [6.07, 6.45) is 1.07. The predicted molar refractivity (Wildman–Crippen MR) is 37.9 cm³/mol. The molecule has 1 heterocycles. The molecule has 1 aromatic heterocycles. The molecule has 66 valence electrons. The summed E-state index contributed by atoms with van der Waals surface area (Å²) in [5.41, 5.74) is 5.28. The number of hydrogen-bond acceptors (Lipinski definition) is 3. The number of nitrogens with zero attached hydrogens (tertiary/aromatic N) is 1. The van der Waals surface area contributed by atoms with Crippen LogP contribution in [0.1, 0.15) is 5.69 Å². The van der Waals surface area contributed by atoms with Crippen LogP contribution in [0.15, 0.2) is 6.33 Å². The average molecular weight is 173 g/mol. The van der Waals surface area contributed by atoms with Crippen LogP contribution in [0.5, 0.6) is 0 Å². The molecule has 0 aliphatic carbocycles. The van der Waals surface area contributed by atoms with Crippen molar-refractivity contribution in [2.45, 2.75) is 12.5 Å². The van der Waals surface area contributed by atoms with Gasteiger partial charge < -0.3 is 15.8 Å². The van der Waals surface area contributed by atoms with E-state index in [0.717, 1.165) is 6.33 Å². The Kier molecular flexibility index (Phi) is 2.39. The lowest BCUT2D eigenvalue weighted by Gasteiger charge is -2.02. The molecule has 4 N–H and O–H groups in total. The summed E-state index contributed by atoms with van der Waals surface area (Å²) in [4.78, 5) is 16.0. The van der Waals surface area contributed by atoms with Crippen molar-refractivity contribution in [3.63, 3.8) is 0 Å². The number of imidazole rings is 1. The van der Waals surface area contributed by atoms with Gasteiger partial charge in [-0.3, -0.25) is 4.79 Å². The molecule has 0 saturated heterocycles. The van der Waals surface area contributed by atoms with Crippen molar-refractivity contribution in [3.8, 4) is 0 Å². The van der Waals surface area contributed by atoms with Crippen LogP contribution in [0.2, 0.25) is 0 Å². The van der Waals surface area contributed by atoms with Crippen LogP contribution in [0.25, 0.3) is 0 Å². The Morgan fingerprint density at radius 1 is 1.92 bits per heavy atom. The Balaban J connectivity index is 2.64. The number of H-pyrrole nitrogens is 1. The third kappa shape index (κ3) is 1.79. The van der Waals surface area contributed by atoms with Gasteiger partial charge in [0.15, 0.2) is 0 Å². The van der Waals surface area contributed by atoms with E-state index >= 15 is 0 Å². The van der Waals surface area contributed by atoms with Gasteiger partial charge in [-0.2, -0.15) is 4.39 Å². The number of nitrogens with one attached hydrogen (secondary N) is 1. The third-order valence-corrected chi connectivity index (χ3v) is 1.41. The quantitative estimate of drug-likeness (QED) is 0.574. The molecular formula is C6H8FN3O2. The maximum Gasteiger partial charge on any atom is 0.320 e. The van der Waals surface area contributed by atoms with Crippen molar-refractivity contribution in [3.05, 3.63) is 18.0 Å². The first-order chi connectivity index (χ1) is 5.61. The fourth-order valence-corrected chi connectivity index (χ4v) is 0.755. The van der Waals surface area contributed by atoms with E-state index in [1.165, 1.54) is 0 Å². The monoisotopic (exact) mass is 173 g/mol. The van der Waals surface area contributed by atoms with Crippen molar-refractivity contribution in [1.82, 2.24) is 9.97 Å². The largest absolute Gasteiger partial charge is 0.480 e. The average Bonchev–Trinajstić information content (AvgIpc) is 2.36. The summed E-state index contributed by atoms with van der Waals surface area (Å²) in [5, 5.41) is 8.39. The fraction of sp³-hybridized carbons (Fsp3) is 0.333. The van der Waals surface area contributed by atoms with Gasteiger partial charge >= 0.3 is 5.97 Å². The Bertz CT molecular complexity index is 286. The minimum absolute atomic E-state index is 0.0822. The van der Waals surface area contributed by atoms with Crippen LogP contribution in [0, 0.1) is 5.95 Å². The van der Waals surface area contributed by atoms with Crippen LogP contribution >= 0.6 is 0 Å². The number of carboxylic acid groups (broad SMARTS) is 1. The lowest BCUT2D eigenvalue weighted by Crippen LogP contribution is -2.32. The van der Waals surface area contributed by atoms with Crippen LogP contribution in [-0.4, -0.2) is 27.1 Å². The summed E-state index contributed by atoms with van der Waals surface area (Å²) < 4.78 is 12.6. The van der Waals surface area contributed by atoms with Crippen molar-refractivity contribution < 1.29 is 14.3 Å². The Hall–Kier alpha value is -1.43. The molecule has 0 unspecified atom stereocenters. The van der Waals surface area contributed by atoms with Gasteiger partial charge in [-0.05, 0) is 0 Å². The number of nitrogens with two attached hydrogens (primary N) is 1. The van der Waals surface area contributed by atoms with Crippen LogP contribution in [0.4, 0.5) is 4.39 Å². The van der Waals surface area contributed by atoms with Crippen LogP contribution < -0.4 is 5.73 Å². The van der Waals surface area contributed by atoms with Crippen LogP contribution in [-0.2, 0) is 11.2 Å². The summed E-state index contributed by atoms with van der Waals surface area (Å²) in [6, 6.07) is -1.10. The first kappa shape index (κ1) is 8.66. The lowest BCUT2D eigenvalue weighted by molar-refractivity contribution is -0.138. The van der Waals surface area contributed by atoms with Gasteiger partial charge in [0, 0.05) is 6.42 Å². The van der Waals surface area contributed by atoms with E-state index in [1.54, 1.807) is 0 Å². The van der Waals surface area contributed by atoms with E-state index in [9.17, 15) is 9.18 Å². The number of halogens is 1. The molecule has 0 aliphatic heterocycles. The minimum atomic E-state index is -1.16. The molecule has 0 spiro atoms. The number of hydrogen-bond donors (Lipinski definition) is 3. The molecule has 5 nitrogen and oxygen atoms in total. The molecule has 6 heteroatoms. The second-order valence-corrected chi connectivity index (χ2v) is 2.32. The molecule has 0 radical (unpaired) electrons. The number of aliphatic carboxylic acids is 1. The zero-order valence-electron chi connectivity index (χ0n) is 6.12. The van der Waals surface area contributed by atoms with E-state index in [0.29, 0.717) is 0 Å². The van der Waals surface area contributed by atoms with E-state index in [-0.39, 0.29) is 12.1 Å². The predicted octanol–water partition coefficient (Wildman–Crippen LogP) is -0.497. The van der Waals surface area contributed by atoms with Crippen molar-refractivity contribution in [2.24, 2.45) is 5.73 Å². The van der Waals surface area contributed by atoms with Crippen LogP contribution in [0.3, 0.4) is 0 Å². The molecule has 0 fully saturated rings. The normalized spacial score (nSPS) is 12.8. The molecule has 0 amide bonds. The highest BCUT2D eigenvalue weighted by Crippen LogP contribution is 2.02. The Morgan fingerprint density at radius 2 is 2.58 bits per heavy atom. The van der Waals surface area contributed by atoms with Crippen molar-refractivity contribution >= 4 is 5.97 Å². The second kappa shape index (κ2) is 3.31. The fourth-order valence-electron chi connectivity index (χ4n) is 0.755. The van der Waals surface area contributed by atoms with E-state index < -0.39 is 18.0 Å². The molecule has 0 aliphatic rings. The highest BCUT2D eigenvalue weighted by molar-refractivity contribution is 5.73. The summed E-state index contributed by atoms with van der Waals surface area (Å²) in [5.74, 6) is -1.87. The van der Waals surface area contributed by atoms with Gasteiger partial charge in [0.25, 0.3) is 0 Å². The number of carbonyl (C=O) groups is 1. The number of carboxylic acids is 1. The maximum absolute atomic E-state index is 12.6. The van der Waals surface area contributed by atoms with Gasteiger partial charge in [-0.1, -0.05) is 0 Å². The highest BCUT2D eigenvalue weighted by Gasteiger charge is 2.15. The van der Waals surface area contributed by atoms with Gasteiger partial charge in [0.2, 0.25) is 5.95 Å². The lowest BCUT2D eigenvalue weighted by atomic mass is 10.2. The first-order valence-electron chi connectivity index (χ1n) is 3.27. The summed E-state index contributed by atoms with van der Waals surface area (Å²) >= 11 is 0. The number of aromatic amines is 1. The van der Waals surface area contributed by atoms with E-state index in [1.807, 2.05) is 0 Å². The number of aromatic nitrogens is 2. The zero-order chi connectivity index (χ0) is 9.14. The minimum Gasteiger partial charge on any atom is -0.480 e. The van der Waals surface area contributed by atoms with Crippen molar-refractivity contribution in [2.75, 3.05) is 0 Å². The second-order valence-electron chi connectivity index (χ2n) is 2.32. The van der Waals surface area contributed by atoms with Gasteiger partial charge in [0.05, 0.1) is 12.0 Å². The SMILES string of the molecule is N[C@H](Cc1[nH]cnc1F)C(=O)O. The van der Waals surface area contributed by atoms with Gasteiger partial charge in [-0.15, -0.1) is 0 Å². The zero-order valence-corrected chi connectivity index (χ0v) is 6.12. The number of rotatable bonds is 3. The third-order valence-electron chi connectivity index (χ3n) is 1.41. The van der Waals surface area contributed by atoms with E-state index in [2.05, 4.69) is 9.97 Å². The molecule has 1 aromatic rings. The molecular weight excluding hydrogens is 165 g/mol. The molecule has 0 aromatic carbocycles. The molecule has 1 rings (SSSR count). The molecule has 0 bridgehead atoms. The van der Waals surface area contributed by atoms with Crippen molar-refractivity contribution in [1.29, 1.82) is 0 Å². The standard InChI is InChI=1S/C6H8FN3O2/c7-5-4(9-2-10-5)1-3(8)6(11)12/h2-3H,1,8H2,(H,9,10)(H,11,12)/t3-/m1/s1. The molecule has 12 heavy (non-hydrogen) atoms. The smallest absolute Gasteiger partial charge is 0.320 e. The highest BCUT2D eigenvalue weighted by atomic mass is 19.1. The Labute approximate surface area is 67.4 Å². The molecule has 0 saturated carbocycles. The summed E-state index contributed by atoms with van der Waals surface area (Å²) in [7, 11) is 0.